The number of nitrogens with zero attached hydrogens (tertiary/aromatic N) is 2. The normalized spacial score (nSPS) is 15.5. The number of rotatable bonds is 6. The highest BCUT2D eigenvalue weighted by molar-refractivity contribution is 6.16. The van der Waals surface area contributed by atoms with Gasteiger partial charge in [0.1, 0.15) is 0 Å². The summed E-state index contributed by atoms with van der Waals surface area (Å²) < 4.78 is 12.2. The average molecular weight is 408 g/mol. The average Bonchev–Trinajstić information content (AvgIpc) is 3.13. The molecule has 3 rings (SSSR count). The van der Waals surface area contributed by atoms with Crippen LogP contribution in [-0.4, -0.2) is 48.7 Å². The van der Waals surface area contributed by atoms with E-state index in [2.05, 4.69) is 23.6 Å². The van der Waals surface area contributed by atoms with Crippen LogP contribution in [0.5, 0.6) is 0 Å². The lowest BCUT2D eigenvalue weighted by atomic mass is 10.0. The lowest BCUT2D eigenvalue weighted by molar-refractivity contribution is -0.136. The highest BCUT2D eigenvalue weighted by Crippen LogP contribution is 2.33. The molecule has 1 aliphatic heterocycles. The smallest absolute Gasteiger partial charge is 0.340 e. The molecule has 158 valence electrons. The van der Waals surface area contributed by atoms with E-state index in [1.54, 1.807) is 25.0 Å². The fourth-order valence-electron chi connectivity index (χ4n) is 3.95. The zero-order valence-corrected chi connectivity index (χ0v) is 18.4. The van der Waals surface area contributed by atoms with Gasteiger partial charge in [0.25, 0.3) is 5.91 Å². The van der Waals surface area contributed by atoms with E-state index in [1.807, 2.05) is 32.0 Å². The number of carbonyl (C=O) groups is 2. The van der Waals surface area contributed by atoms with Crippen molar-refractivity contribution in [3.05, 3.63) is 69.7 Å². The number of benzene rings is 1. The number of ether oxygens (including phenoxy) is 2. The van der Waals surface area contributed by atoms with E-state index in [0.29, 0.717) is 30.0 Å². The maximum atomic E-state index is 13.1. The molecule has 2 heterocycles. The summed E-state index contributed by atoms with van der Waals surface area (Å²) in [5.74, 6) is -0.731. The number of esters is 1. The molecular weight excluding hydrogens is 380 g/mol. The number of amides is 1. The molecule has 0 bridgehead atoms. The highest BCUT2D eigenvalue weighted by Gasteiger charge is 2.37. The van der Waals surface area contributed by atoms with Crippen LogP contribution in [-0.2, 0) is 19.1 Å². The van der Waals surface area contributed by atoms with Crippen LogP contribution in [0.1, 0.15) is 29.4 Å². The summed E-state index contributed by atoms with van der Waals surface area (Å²) in [4.78, 5) is 27.2. The van der Waals surface area contributed by atoms with Crippen molar-refractivity contribution in [3.63, 3.8) is 0 Å². The maximum absolute atomic E-state index is 13.1. The first kappa shape index (κ1) is 21.6. The Bertz CT molecular complexity index is 1060. The summed E-state index contributed by atoms with van der Waals surface area (Å²) in [6.07, 6.45) is 1.79. The van der Waals surface area contributed by atoms with Gasteiger partial charge in [0.05, 0.1) is 24.9 Å². The molecular formula is C24H28N2O4. The molecule has 0 unspecified atom stereocenters. The van der Waals surface area contributed by atoms with Gasteiger partial charge in [-0.3, -0.25) is 4.79 Å². The van der Waals surface area contributed by atoms with Gasteiger partial charge < -0.3 is 18.9 Å². The van der Waals surface area contributed by atoms with E-state index in [0.717, 1.165) is 28.2 Å². The summed E-state index contributed by atoms with van der Waals surface area (Å²) in [7, 11) is 2.91. The predicted molar refractivity (Wildman–Crippen MR) is 116 cm³/mol. The van der Waals surface area contributed by atoms with Gasteiger partial charge in [-0.25, -0.2) is 4.79 Å². The molecule has 30 heavy (non-hydrogen) atoms. The Morgan fingerprint density at radius 1 is 1.10 bits per heavy atom. The third kappa shape index (κ3) is 3.71. The molecule has 0 saturated carbocycles. The molecule has 6 nitrogen and oxygen atoms in total. The maximum Gasteiger partial charge on any atom is 0.340 e. The predicted octanol–water partition coefficient (Wildman–Crippen LogP) is 3.72. The Hall–Kier alpha value is -3.12. The number of methoxy groups -OCH3 is 2. The van der Waals surface area contributed by atoms with Gasteiger partial charge in [-0.2, -0.15) is 0 Å². The summed E-state index contributed by atoms with van der Waals surface area (Å²) in [5.41, 5.74) is 6.43. The topological polar surface area (TPSA) is 60.8 Å². The van der Waals surface area contributed by atoms with Crippen LogP contribution in [0.3, 0.4) is 0 Å². The van der Waals surface area contributed by atoms with Gasteiger partial charge in [-0.05, 0) is 57.0 Å². The number of hydrogen-bond acceptors (Lipinski definition) is 4. The highest BCUT2D eigenvalue weighted by atomic mass is 16.5. The second-order valence-corrected chi connectivity index (χ2v) is 7.41. The van der Waals surface area contributed by atoms with Crippen molar-refractivity contribution < 1.29 is 19.1 Å². The fourth-order valence-corrected chi connectivity index (χ4v) is 3.95. The van der Waals surface area contributed by atoms with Crippen LogP contribution >= 0.6 is 0 Å². The van der Waals surface area contributed by atoms with Crippen LogP contribution in [0.25, 0.3) is 11.8 Å². The zero-order chi connectivity index (χ0) is 22.0. The Morgan fingerprint density at radius 3 is 2.43 bits per heavy atom. The SMILES string of the molecule is COCCN1C(=O)/C(=C\c2cc(C)n(-c3ccccc3C)c2C)C(C(=O)OC)=C1C. The number of aryl methyl sites for hydroxylation is 2. The number of hydrogen-bond donors (Lipinski definition) is 0. The van der Waals surface area contributed by atoms with Crippen LogP contribution in [0, 0.1) is 20.8 Å². The molecule has 2 aromatic rings. The number of aromatic nitrogens is 1. The van der Waals surface area contributed by atoms with Crippen molar-refractivity contribution >= 4 is 18.0 Å². The van der Waals surface area contributed by atoms with Crippen molar-refractivity contribution in [1.29, 1.82) is 0 Å². The Kier molecular flexibility index (Phi) is 6.27. The van der Waals surface area contributed by atoms with Crippen LogP contribution < -0.4 is 0 Å². The molecule has 0 saturated heterocycles. The third-order valence-corrected chi connectivity index (χ3v) is 5.55. The van der Waals surface area contributed by atoms with Gasteiger partial charge in [0.2, 0.25) is 0 Å². The Balaban J connectivity index is 2.12. The molecule has 0 atom stereocenters. The number of allylic oxidation sites excluding steroid dienone is 1. The molecule has 0 N–H and O–H groups in total. The van der Waals surface area contributed by atoms with E-state index in [1.165, 1.54) is 7.11 Å². The van der Waals surface area contributed by atoms with Gasteiger partial charge in [0, 0.05) is 36.4 Å². The summed E-state index contributed by atoms with van der Waals surface area (Å²) in [6.45, 7) is 8.64. The molecule has 1 amide bonds. The van der Waals surface area contributed by atoms with Crippen molar-refractivity contribution in [3.8, 4) is 5.69 Å². The van der Waals surface area contributed by atoms with E-state index >= 15 is 0 Å². The van der Waals surface area contributed by atoms with Crippen molar-refractivity contribution in [2.75, 3.05) is 27.4 Å². The largest absolute Gasteiger partial charge is 0.465 e. The lowest BCUT2D eigenvalue weighted by Crippen LogP contribution is -2.28. The zero-order valence-electron chi connectivity index (χ0n) is 18.4. The minimum atomic E-state index is -0.514. The van der Waals surface area contributed by atoms with Gasteiger partial charge in [0.15, 0.2) is 0 Å². The summed E-state index contributed by atoms with van der Waals surface area (Å²) in [6, 6.07) is 10.2. The van der Waals surface area contributed by atoms with Gasteiger partial charge in [-0.1, -0.05) is 18.2 Å². The van der Waals surface area contributed by atoms with Crippen LogP contribution in [0.2, 0.25) is 0 Å². The standard InChI is InChI=1S/C24H28N2O4/c1-15-9-7-8-10-21(15)26-16(2)13-19(17(26)3)14-20-22(24(28)30-6)18(4)25(23(20)27)11-12-29-5/h7-10,13-14H,11-12H2,1-6H3/b20-14-. The van der Waals surface area contributed by atoms with Crippen LogP contribution in [0.4, 0.5) is 0 Å². The second kappa shape index (κ2) is 8.71. The van der Waals surface area contributed by atoms with Crippen LogP contribution in [0.15, 0.2) is 47.2 Å². The minimum absolute atomic E-state index is 0.217. The number of carbonyl (C=O) groups excluding carboxylic acids is 2. The number of para-hydroxylation sites is 1. The van der Waals surface area contributed by atoms with E-state index < -0.39 is 5.97 Å². The van der Waals surface area contributed by atoms with E-state index in [9.17, 15) is 9.59 Å². The first-order valence-corrected chi connectivity index (χ1v) is 9.88. The minimum Gasteiger partial charge on any atom is -0.465 e. The third-order valence-electron chi connectivity index (χ3n) is 5.55. The molecule has 1 aromatic heterocycles. The molecule has 0 aliphatic carbocycles. The molecule has 0 spiro atoms. The molecule has 0 radical (unpaired) electrons. The van der Waals surface area contributed by atoms with E-state index in [-0.39, 0.29) is 5.91 Å². The van der Waals surface area contributed by atoms with Gasteiger partial charge in [-0.15, -0.1) is 0 Å². The molecule has 0 fully saturated rings. The quantitative estimate of drug-likeness (QED) is 0.540. The Morgan fingerprint density at radius 2 is 1.80 bits per heavy atom. The first-order valence-electron chi connectivity index (χ1n) is 9.88. The fraction of sp³-hybridized carbons (Fsp3) is 0.333. The Labute approximate surface area is 177 Å². The van der Waals surface area contributed by atoms with Crippen molar-refractivity contribution in [2.24, 2.45) is 0 Å². The summed E-state index contributed by atoms with van der Waals surface area (Å²) in [5, 5.41) is 0. The second-order valence-electron chi connectivity index (χ2n) is 7.41. The van der Waals surface area contributed by atoms with Crippen molar-refractivity contribution in [1.82, 2.24) is 9.47 Å². The van der Waals surface area contributed by atoms with Gasteiger partial charge >= 0.3 is 5.97 Å². The van der Waals surface area contributed by atoms with E-state index in [4.69, 9.17) is 9.47 Å². The molecule has 1 aliphatic rings. The first-order chi connectivity index (χ1) is 14.3. The summed E-state index contributed by atoms with van der Waals surface area (Å²) >= 11 is 0. The molecule has 6 heteroatoms. The monoisotopic (exact) mass is 408 g/mol. The molecule has 1 aromatic carbocycles. The lowest BCUT2D eigenvalue weighted by Gasteiger charge is -2.16. The van der Waals surface area contributed by atoms with Crippen molar-refractivity contribution in [2.45, 2.75) is 27.7 Å².